The van der Waals surface area contributed by atoms with Crippen molar-refractivity contribution in [2.24, 2.45) is 5.92 Å². The van der Waals surface area contributed by atoms with Gasteiger partial charge in [-0.1, -0.05) is 25.1 Å². The Bertz CT molecular complexity index is 406. The van der Waals surface area contributed by atoms with Crippen molar-refractivity contribution in [3.8, 4) is 5.75 Å². The Balaban J connectivity index is 2.20. The number of rotatable bonds is 8. The van der Waals surface area contributed by atoms with E-state index in [-0.39, 0.29) is 5.92 Å². The molecule has 0 aliphatic carbocycles. The first-order valence-electron chi connectivity index (χ1n) is 6.60. The monoisotopic (exact) mass is 265 g/mol. The minimum atomic E-state index is -0.747. The maximum Gasteiger partial charge on any atom is 0.307 e. The van der Waals surface area contributed by atoms with Crippen LogP contribution in [0.1, 0.15) is 18.9 Å². The lowest BCUT2D eigenvalue weighted by molar-refractivity contribution is -0.141. The van der Waals surface area contributed by atoms with E-state index < -0.39 is 5.97 Å². The smallest absolute Gasteiger partial charge is 0.307 e. The molecule has 1 atom stereocenters. The van der Waals surface area contributed by atoms with Crippen LogP contribution >= 0.6 is 0 Å². The zero-order valence-corrected chi connectivity index (χ0v) is 11.9. The molecule has 1 aromatic rings. The summed E-state index contributed by atoms with van der Waals surface area (Å²) in [4.78, 5) is 12.8. The number of aryl methyl sites for hydroxylation is 1. The van der Waals surface area contributed by atoms with Crippen LogP contribution in [-0.4, -0.2) is 42.7 Å². The molecule has 0 radical (unpaired) electrons. The van der Waals surface area contributed by atoms with Crippen LogP contribution in [0.2, 0.25) is 0 Å². The largest absolute Gasteiger partial charge is 0.493 e. The van der Waals surface area contributed by atoms with Gasteiger partial charge in [0.25, 0.3) is 0 Å². The molecule has 1 unspecified atom stereocenters. The maximum absolute atomic E-state index is 10.7. The zero-order chi connectivity index (χ0) is 14.3. The van der Waals surface area contributed by atoms with Crippen molar-refractivity contribution in [3.05, 3.63) is 29.8 Å². The van der Waals surface area contributed by atoms with E-state index in [1.807, 2.05) is 43.1 Å². The Hall–Kier alpha value is -1.55. The van der Waals surface area contributed by atoms with E-state index in [0.717, 1.165) is 24.3 Å². The van der Waals surface area contributed by atoms with E-state index in [9.17, 15) is 4.79 Å². The Kier molecular flexibility index (Phi) is 6.36. The second-order valence-corrected chi connectivity index (χ2v) is 4.97. The number of carboxylic acids is 1. The second kappa shape index (κ2) is 7.79. The third-order valence-corrected chi connectivity index (χ3v) is 3.04. The van der Waals surface area contributed by atoms with E-state index in [0.29, 0.717) is 13.2 Å². The van der Waals surface area contributed by atoms with Crippen LogP contribution in [0.3, 0.4) is 0 Å². The van der Waals surface area contributed by atoms with Gasteiger partial charge in [-0.15, -0.1) is 0 Å². The molecule has 106 valence electrons. The summed E-state index contributed by atoms with van der Waals surface area (Å²) in [6, 6.07) is 7.94. The van der Waals surface area contributed by atoms with Crippen molar-refractivity contribution in [2.75, 3.05) is 26.7 Å². The fraction of sp³-hybridized carbons (Fsp3) is 0.533. The van der Waals surface area contributed by atoms with Crippen LogP contribution < -0.4 is 4.74 Å². The minimum absolute atomic E-state index is 0.331. The molecule has 4 heteroatoms. The number of carbonyl (C=O) groups is 1. The molecule has 19 heavy (non-hydrogen) atoms. The third kappa shape index (κ3) is 5.75. The van der Waals surface area contributed by atoms with E-state index >= 15 is 0 Å². The van der Waals surface area contributed by atoms with Gasteiger partial charge in [-0.05, 0) is 32.0 Å². The fourth-order valence-corrected chi connectivity index (χ4v) is 1.87. The van der Waals surface area contributed by atoms with Crippen molar-refractivity contribution in [2.45, 2.75) is 20.3 Å². The Morgan fingerprint density at radius 1 is 1.42 bits per heavy atom. The van der Waals surface area contributed by atoms with Gasteiger partial charge in [-0.3, -0.25) is 4.79 Å². The second-order valence-electron chi connectivity index (χ2n) is 4.97. The van der Waals surface area contributed by atoms with Crippen molar-refractivity contribution < 1.29 is 14.6 Å². The van der Waals surface area contributed by atoms with Gasteiger partial charge in [-0.25, -0.2) is 0 Å². The minimum Gasteiger partial charge on any atom is -0.493 e. The highest BCUT2D eigenvalue weighted by Crippen LogP contribution is 2.16. The normalized spacial score (nSPS) is 12.4. The molecule has 0 aliphatic rings. The van der Waals surface area contributed by atoms with Crippen LogP contribution in [-0.2, 0) is 4.79 Å². The van der Waals surface area contributed by atoms with Gasteiger partial charge < -0.3 is 14.7 Å². The van der Waals surface area contributed by atoms with E-state index in [2.05, 4.69) is 0 Å². The SMILES string of the molecule is Cc1ccccc1OCCCN(C)CC(C)C(=O)O. The van der Waals surface area contributed by atoms with E-state index in [1.165, 1.54) is 0 Å². The summed E-state index contributed by atoms with van der Waals surface area (Å²) in [5, 5.41) is 8.83. The molecule has 0 saturated heterocycles. The lowest BCUT2D eigenvalue weighted by Crippen LogP contribution is -2.30. The van der Waals surface area contributed by atoms with Crippen LogP contribution in [0, 0.1) is 12.8 Å². The molecule has 4 nitrogen and oxygen atoms in total. The molecule has 0 fully saturated rings. The van der Waals surface area contributed by atoms with Gasteiger partial charge in [-0.2, -0.15) is 0 Å². The van der Waals surface area contributed by atoms with Gasteiger partial charge >= 0.3 is 5.97 Å². The molecule has 0 bridgehead atoms. The van der Waals surface area contributed by atoms with Gasteiger partial charge in [0.2, 0.25) is 0 Å². The highest BCUT2D eigenvalue weighted by atomic mass is 16.5. The summed E-state index contributed by atoms with van der Waals surface area (Å²) in [6.45, 7) is 5.80. The Morgan fingerprint density at radius 2 is 2.11 bits per heavy atom. The quantitative estimate of drug-likeness (QED) is 0.733. The number of benzene rings is 1. The molecule has 0 saturated carbocycles. The molecule has 0 aromatic heterocycles. The van der Waals surface area contributed by atoms with E-state index in [1.54, 1.807) is 6.92 Å². The lowest BCUT2D eigenvalue weighted by atomic mass is 10.2. The van der Waals surface area contributed by atoms with Crippen molar-refractivity contribution in [1.82, 2.24) is 4.90 Å². The number of hydrogen-bond donors (Lipinski definition) is 1. The average molecular weight is 265 g/mol. The molecule has 0 amide bonds. The van der Waals surface area contributed by atoms with Crippen LogP contribution in [0.25, 0.3) is 0 Å². The average Bonchev–Trinajstić information content (AvgIpc) is 2.36. The van der Waals surface area contributed by atoms with Gasteiger partial charge in [0.05, 0.1) is 12.5 Å². The summed E-state index contributed by atoms with van der Waals surface area (Å²) in [7, 11) is 1.94. The Morgan fingerprint density at radius 3 is 2.74 bits per heavy atom. The van der Waals surface area contributed by atoms with E-state index in [4.69, 9.17) is 9.84 Å². The molecular formula is C15H23NO3. The molecular weight excluding hydrogens is 242 g/mol. The van der Waals surface area contributed by atoms with Crippen molar-refractivity contribution in [1.29, 1.82) is 0 Å². The number of para-hydroxylation sites is 1. The number of aliphatic carboxylic acids is 1. The van der Waals surface area contributed by atoms with Gasteiger partial charge in [0.15, 0.2) is 0 Å². The summed E-state index contributed by atoms with van der Waals surface area (Å²) in [5.74, 6) is -0.158. The first-order chi connectivity index (χ1) is 9.00. The first-order valence-corrected chi connectivity index (χ1v) is 6.60. The number of hydrogen-bond acceptors (Lipinski definition) is 3. The molecule has 1 aromatic carbocycles. The highest BCUT2D eigenvalue weighted by molar-refractivity contribution is 5.69. The molecule has 0 spiro atoms. The predicted molar refractivity (Wildman–Crippen MR) is 75.6 cm³/mol. The Labute approximate surface area is 115 Å². The van der Waals surface area contributed by atoms with Gasteiger partial charge in [0, 0.05) is 13.1 Å². The number of nitrogens with zero attached hydrogens (tertiary/aromatic N) is 1. The number of carboxylic acid groups (broad SMARTS) is 1. The molecule has 1 rings (SSSR count). The summed E-state index contributed by atoms with van der Waals surface area (Å²) >= 11 is 0. The van der Waals surface area contributed by atoms with Crippen molar-refractivity contribution >= 4 is 5.97 Å². The molecule has 0 heterocycles. The van der Waals surface area contributed by atoms with Gasteiger partial charge in [0.1, 0.15) is 5.75 Å². The van der Waals surface area contributed by atoms with Crippen molar-refractivity contribution in [3.63, 3.8) is 0 Å². The standard InChI is InChI=1S/C15H23NO3/c1-12-7-4-5-8-14(12)19-10-6-9-16(3)11-13(2)15(17)18/h4-5,7-8,13H,6,9-11H2,1-3H3,(H,17,18). The first kappa shape index (κ1) is 15.5. The molecule has 0 aliphatic heterocycles. The van der Waals surface area contributed by atoms with Crippen LogP contribution in [0.5, 0.6) is 5.75 Å². The summed E-state index contributed by atoms with van der Waals surface area (Å²) in [6.07, 6.45) is 0.886. The predicted octanol–water partition coefficient (Wildman–Crippen LogP) is 2.42. The third-order valence-electron chi connectivity index (χ3n) is 3.04. The highest BCUT2D eigenvalue weighted by Gasteiger charge is 2.13. The zero-order valence-electron chi connectivity index (χ0n) is 11.9. The lowest BCUT2D eigenvalue weighted by Gasteiger charge is -2.19. The summed E-state index contributed by atoms with van der Waals surface area (Å²) < 4.78 is 5.70. The summed E-state index contributed by atoms with van der Waals surface area (Å²) in [5.41, 5.74) is 1.13. The molecule has 1 N–H and O–H groups in total. The van der Waals surface area contributed by atoms with Crippen LogP contribution in [0.15, 0.2) is 24.3 Å². The number of ether oxygens (including phenoxy) is 1. The maximum atomic E-state index is 10.7. The fourth-order valence-electron chi connectivity index (χ4n) is 1.87. The topological polar surface area (TPSA) is 49.8 Å². The van der Waals surface area contributed by atoms with Crippen LogP contribution in [0.4, 0.5) is 0 Å².